The van der Waals surface area contributed by atoms with Crippen molar-refractivity contribution < 1.29 is 22.7 Å². The van der Waals surface area contributed by atoms with Crippen LogP contribution in [-0.2, 0) is 22.3 Å². The van der Waals surface area contributed by atoms with Gasteiger partial charge < -0.3 is 14.5 Å². The van der Waals surface area contributed by atoms with Gasteiger partial charge in [0, 0.05) is 45.9 Å². The number of ether oxygens (including phenoxy) is 1. The van der Waals surface area contributed by atoms with Crippen molar-refractivity contribution in [3.05, 3.63) is 28.3 Å². The summed E-state index contributed by atoms with van der Waals surface area (Å²) in [6, 6.07) is 0. The van der Waals surface area contributed by atoms with Crippen LogP contribution < -0.4 is 0 Å². The number of hydrogen-bond acceptors (Lipinski definition) is 5. The summed E-state index contributed by atoms with van der Waals surface area (Å²) in [6.45, 7) is 3.19. The monoisotopic (exact) mass is 419 g/mol. The average Bonchev–Trinajstić information content (AvgIpc) is 2.97. The second-order valence-electron chi connectivity index (χ2n) is 6.62. The fourth-order valence-electron chi connectivity index (χ4n) is 3.15. The number of piperazine rings is 1. The van der Waals surface area contributed by atoms with Gasteiger partial charge >= 0.3 is 6.18 Å². The summed E-state index contributed by atoms with van der Waals surface area (Å²) in [5, 5.41) is 3.01. The van der Waals surface area contributed by atoms with Gasteiger partial charge in [-0.3, -0.25) is 9.48 Å². The lowest BCUT2D eigenvalue weighted by atomic mass is 10.2. The molecule has 3 heterocycles. The van der Waals surface area contributed by atoms with Crippen molar-refractivity contribution in [1.82, 2.24) is 19.6 Å². The van der Waals surface area contributed by atoms with E-state index in [-0.39, 0.29) is 24.2 Å². The lowest BCUT2D eigenvalue weighted by molar-refractivity contribution is -0.142. The SMILES string of the molecule is COC1C=C(N2CCN(C(=O)Cn3nc(C(F)(F)F)c(Cl)c3C)CC2)N=CC1. The number of carbonyl (C=O) groups excluding carboxylic acids is 1. The topological polar surface area (TPSA) is 63.0 Å². The smallest absolute Gasteiger partial charge is 0.377 e. The molecule has 154 valence electrons. The van der Waals surface area contributed by atoms with Crippen LogP contribution in [0.5, 0.6) is 0 Å². The number of aliphatic imine (C=N–C) groups is 1. The second-order valence-corrected chi connectivity index (χ2v) is 7.00. The Kier molecular flexibility index (Phi) is 5.99. The molecule has 1 amide bonds. The Balaban J connectivity index is 1.61. The Morgan fingerprint density at radius 1 is 1.32 bits per heavy atom. The van der Waals surface area contributed by atoms with Gasteiger partial charge in [-0.25, -0.2) is 4.99 Å². The maximum absolute atomic E-state index is 12.9. The lowest BCUT2D eigenvalue weighted by Gasteiger charge is -2.37. The molecule has 0 aliphatic carbocycles. The molecule has 1 fully saturated rings. The van der Waals surface area contributed by atoms with Gasteiger partial charge in [0.2, 0.25) is 5.91 Å². The molecule has 28 heavy (non-hydrogen) atoms. The molecule has 0 N–H and O–H groups in total. The molecule has 1 aromatic rings. The normalized spacial score (nSPS) is 20.5. The predicted molar refractivity (Wildman–Crippen MR) is 97.1 cm³/mol. The quantitative estimate of drug-likeness (QED) is 0.751. The molecule has 0 radical (unpaired) electrons. The van der Waals surface area contributed by atoms with Crippen LogP contribution in [-0.4, -0.2) is 71.1 Å². The highest BCUT2D eigenvalue weighted by Gasteiger charge is 2.38. The summed E-state index contributed by atoms with van der Waals surface area (Å²) in [5.74, 6) is 0.515. The first-order chi connectivity index (χ1) is 13.2. The van der Waals surface area contributed by atoms with Crippen LogP contribution in [0.4, 0.5) is 13.2 Å². The summed E-state index contributed by atoms with van der Waals surface area (Å²) in [4.78, 5) is 20.6. The summed E-state index contributed by atoms with van der Waals surface area (Å²) in [6.07, 6.45) is -0.183. The molecule has 0 saturated carbocycles. The van der Waals surface area contributed by atoms with E-state index in [0.717, 1.165) is 16.9 Å². The first kappa shape index (κ1) is 20.7. The number of halogens is 4. The van der Waals surface area contributed by atoms with Crippen LogP contribution >= 0.6 is 11.6 Å². The zero-order valence-corrected chi connectivity index (χ0v) is 16.3. The zero-order valence-electron chi connectivity index (χ0n) is 15.5. The molecule has 0 bridgehead atoms. The molecule has 2 aliphatic heterocycles. The molecule has 1 atom stereocenters. The Labute approximate surface area is 165 Å². The van der Waals surface area contributed by atoms with Gasteiger partial charge in [0.05, 0.1) is 16.8 Å². The number of methoxy groups -OCH3 is 1. The van der Waals surface area contributed by atoms with Gasteiger partial charge in [-0.1, -0.05) is 11.6 Å². The minimum atomic E-state index is -4.66. The van der Waals surface area contributed by atoms with Gasteiger partial charge in [-0.2, -0.15) is 18.3 Å². The second kappa shape index (κ2) is 8.12. The molecule has 3 rings (SSSR count). The van der Waals surface area contributed by atoms with Gasteiger partial charge in [-0.05, 0) is 13.0 Å². The molecular formula is C17H21ClF3N5O2. The summed E-state index contributed by atoms with van der Waals surface area (Å²) in [7, 11) is 1.64. The van der Waals surface area contributed by atoms with Gasteiger partial charge in [-0.15, -0.1) is 0 Å². The predicted octanol–water partition coefficient (Wildman–Crippen LogP) is 2.34. The van der Waals surface area contributed by atoms with Crippen molar-refractivity contribution in [3.63, 3.8) is 0 Å². The molecule has 0 spiro atoms. The highest BCUT2D eigenvalue weighted by molar-refractivity contribution is 6.32. The van der Waals surface area contributed by atoms with E-state index >= 15 is 0 Å². The number of hydrogen-bond donors (Lipinski definition) is 0. The van der Waals surface area contributed by atoms with E-state index in [1.165, 1.54) is 6.92 Å². The van der Waals surface area contributed by atoms with Crippen LogP contribution in [0, 0.1) is 6.92 Å². The van der Waals surface area contributed by atoms with Gasteiger partial charge in [0.15, 0.2) is 5.69 Å². The maximum atomic E-state index is 12.9. The van der Waals surface area contributed by atoms with E-state index in [2.05, 4.69) is 15.0 Å². The van der Waals surface area contributed by atoms with Crippen molar-refractivity contribution in [1.29, 1.82) is 0 Å². The Bertz CT molecular complexity index is 797. The third-order valence-electron chi connectivity index (χ3n) is 4.84. The fraction of sp³-hybridized carbons (Fsp3) is 0.588. The highest BCUT2D eigenvalue weighted by atomic mass is 35.5. The van der Waals surface area contributed by atoms with Crippen molar-refractivity contribution in [2.24, 2.45) is 4.99 Å². The number of rotatable bonds is 4. The largest absolute Gasteiger partial charge is 0.436 e. The molecule has 2 aliphatic rings. The lowest BCUT2D eigenvalue weighted by Crippen LogP contribution is -2.49. The Morgan fingerprint density at radius 2 is 2.00 bits per heavy atom. The van der Waals surface area contributed by atoms with Crippen molar-refractivity contribution in [2.45, 2.75) is 32.2 Å². The third-order valence-corrected chi connectivity index (χ3v) is 5.29. The first-order valence-electron chi connectivity index (χ1n) is 8.80. The molecule has 11 heteroatoms. The van der Waals surface area contributed by atoms with Crippen molar-refractivity contribution in [3.8, 4) is 0 Å². The molecular weight excluding hydrogens is 399 g/mol. The standard InChI is InChI=1S/C17H21ClF3N5O2/c1-11-15(18)16(17(19,20)21)23-26(11)10-14(27)25-7-5-24(6-8-25)13-9-12(28-2)3-4-22-13/h4,9,12H,3,5-8,10H2,1-2H3. The molecule has 1 saturated heterocycles. The van der Waals surface area contributed by atoms with E-state index in [1.807, 2.05) is 12.3 Å². The van der Waals surface area contributed by atoms with E-state index < -0.39 is 16.9 Å². The molecule has 1 aromatic heterocycles. The van der Waals surface area contributed by atoms with Gasteiger partial charge in [0.1, 0.15) is 12.4 Å². The van der Waals surface area contributed by atoms with Gasteiger partial charge in [0.25, 0.3) is 0 Å². The van der Waals surface area contributed by atoms with Crippen LogP contribution in [0.2, 0.25) is 5.02 Å². The minimum absolute atomic E-state index is 0.0115. The van der Waals surface area contributed by atoms with Crippen molar-refractivity contribution in [2.75, 3.05) is 33.3 Å². The van der Waals surface area contributed by atoms with Crippen LogP contribution in [0.25, 0.3) is 0 Å². The third kappa shape index (κ3) is 4.33. The van der Waals surface area contributed by atoms with Crippen LogP contribution in [0.1, 0.15) is 17.8 Å². The Hall–Kier alpha value is -2.07. The van der Waals surface area contributed by atoms with Crippen LogP contribution in [0.3, 0.4) is 0 Å². The van der Waals surface area contributed by atoms with E-state index in [4.69, 9.17) is 16.3 Å². The highest BCUT2D eigenvalue weighted by Crippen LogP contribution is 2.35. The number of alkyl halides is 3. The summed E-state index contributed by atoms with van der Waals surface area (Å²) in [5.41, 5.74) is -1.05. The van der Waals surface area contributed by atoms with E-state index in [9.17, 15) is 18.0 Å². The number of nitrogens with zero attached hydrogens (tertiary/aromatic N) is 5. The van der Waals surface area contributed by atoms with Crippen molar-refractivity contribution >= 4 is 23.7 Å². The summed E-state index contributed by atoms with van der Waals surface area (Å²) < 4.78 is 45.1. The molecule has 1 unspecified atom stereocenters. The number of aromatic nitrogens is 2. The average molecular weight is 420 g/mol. The summed E-state index contributed by atoms with van der Waals surface area (Å²) >= 11 is 5.73. The van der Waals surface area contributed by atoms with E-state index in [1.54, 1.807) is 12.0 Å². The van der Waals surface area contributed by atoms with Crippen LogP contribution in [0.15, 0.2) is 16.9 Å². The molecule has 7 nitrogen and oxygen atoms in total. The molecule has 0 aromatic carbocycles. The number of carbonyl (C=O) groups is 1. The van der Waals surface area contributed by atoms with E-state index in [0.29, 0.717) is 26.2 Å². The maximum Gasteiger partial charge on any atom is 0.436 e. The number of amides is 1. The fourth-order valence-corrected chi connectivity index (χ4v) is 3.39. The Morgan fingerprint density at radius 3 is 2.57 bits per heavy atom. The first-order valence-corrected chi connectivity index (χ1v) is 9.18. The minimum Gasteiger partial charge on any atom is -0.377 e. The zero-order chi connectivity index (χ0) is 20.5.